The van der Waals surface area contributed by atoms with Gasteiger partial charge in [-0.25, -0.2) is 8.42 Å². The predicted molar refractivity (Wildman–Crippen MR) is 71.7 cm³/mol. The Labute approximate surface area is 112 Å². The highest BCUT2D eigenvalue weighted by Crippen LogP contribution is 2.25. The maximum absolute atomic E-state index is 11.4. The molecular weight excluding hydrogens is 274 g/mol. The minimum absolute atomic E-state index is 0.0162. The predicted octanol–water partition coefficient (Wildman–Crippen LogP) is 1.48. The van der Waals surface area contributed by atoms with Gasteiger partial charge in [0.1, 0.15) is 12.4 Å². The molecule has 0 radical (unpaired) electrons. The number of hydrogen-bond acceptors (Lipinski definition) is 4. The van der Waals surface area contributed by atoms with E-state index in [2.05, 4.69) is 0 Å². The fraction of sp³-hybridized carbons (Fsp3) is 0.500. The van der Waals surface area contributed by atoms with Gasteiger partial charge in [-0.05, 0) is 24.5 Å². The van der Waals surface area contributed by atoms with Crippen LogP contribution in [0.1, 0.15) is 6.42 Å². The van der Waals surface area contributed by atoms with Crippen LogP contribution in [0.4, 0.5) is 0 Å². The molecule has 2 unspecified atom stereocenters. The van der Waals surface area contributed by atoms with Gasteiger partial charge in [-0.15, -0.1) is 0 Å². The van der Waals surface area contributed by atoms with E-state index in [4.69, 9.17) is 22.1 Å². The highest BCUT2D eigenvalue weighted by Gasteiger charge is 2.32. The van der Waals surface area contributed by atoms with E-state index in [1.54, 1.807) is 12.1 Å². The molecule has 2 atom stereocenters. The summed E-state index contributed by atoms with van der Waals surface area (Å²) in [6, 6.07) is 6.87. The lowest BCUT2D eigenvalue weighted by atomic mass is 10.0. The molecule has 6 heteroatoms. The molecule has 1 saturated heterocycles. The van der Waals surface area contributed by atoms with Crippen LogP contribution in [0.15, 0.2) is 24.3 Å². The Morgan fingerprint density at radius 3 is 2.78 bits per heavy atom. The van der Waals surface area contributed by atoms with Crippen LogP contribution in [0, 0.1) is 5.92 Å². The van der Waals surface area contributed by atoms with Gasteiger partial charge in [0.15, 0.2) is 9.84 Å². The average Bonchev–Trinajstić information content (AvgIpc) is 2.68. The summed E-state index contributed by atoms with van der Waals surface area (Å²) in [5, 5.41) is 0.531. The lowest BCUT2D eigenvalue weighted by Crippen LogP contribution is -2.36. The molecule has 1 aliphatic heterocycles. The number of para-hydroxylation sites is 1. The summed E-state index contributed by atoms with van der Waals surface area (Å²) in [7, 11) is -2.89. The molecule has 2 rings (SSSR count). The maximum Gasteiger partial charge on any atom is 0.150 e. The molecule has 1 aliphatic rings. The molecule has 0 amide bonds. The molecule has 2 N–H and O–H groups in total. The van der Waals surface area contributed by atoms with E-state index in [1.807, 2.05) is 12.1 Å². The van der Waals surface area contributed by atoms with Crippen molar-refractivity contribution >= 4 is 21.4 Å². The first kappa shape index (κ1) is 13.6. The van der Waals surface area contributed by atoms with Gasteiger partial charge < -0.3 is 10.5 Å². The zero-order valence-electron chi connectivity index (χ0n) is 9.88. The van der Waals surface area contributed by atoms with E-state index in [0.29, 0.717) is 17.2 Å². The zero-order chi connectivity index (χ0) is 13.2. The van der Waals surface area contributed by atoms with E-state index in [1.165, 1.54) is 0 Å². The first-order chi connectivity index (χ1) is 8.48. The molecule has 0 aliphatic carbocycles. The molecule has 0 bridgehead atoms. The highest BCUT2D eigenvalue weighted by atomic mass is 35.5. The first-order valence-corrected chi connectivity index (χ1v) is 8.01. The van der Waals surface area contributed by atoms with Crippen LogP contribution < -0.4 is 10.5 Å². The molecule has 18 heavy (non-hydrogen) atoms. The second-order valence-electron chi connectivity index (χ2n) is 4.57. The molecule has 4 nitrogen and oxygen atoms in total. The molecule has 0 aromatic heterocycles. The highest BCUT2D eigenvalue weighted by molar-refractivity contribution is 7.91. The SMILES string of the molecule is NC(COc1ccccc1Cl)C1CCS(=O)(=O)C1. The van der Waals surface area contributed by atoms with Crippen molar-refractivity contribution in [2.45, 2.75) is 12.5 Å². The number of ether oxygens (including phenoxy) is 1. The molecule has 1 fully saturated rings. The largest absolute Gasteiger partial charge is 0.490 e. The van der Waals surface area contributed by atoms with Crippen LogP contribution in [0.5, 0.6) is 5.75 Å². The van der Waals surface area contributed by atoms with Gasteiger partial charge in [0.2, 0.25) is 0 Å². The van der Waals surface area contributed by atoms with Crippen LogP contribution in [-0.4, -0.2) is 32.6 Å². The van der Waals surface area contributed by atoms with E-state index < -0.39 is 9.84 Å². The quantitative estimate of drug-likeness (QED) is 0.911. The molecular formula is C12H16ClNO3S. The van der Waals surface area contributed by atoms with Crippen LogP contribution in [-0.2, 0) is 9.84 Å². The number of hydrogen-bond donors (Lipinski definition) is 1. The van der Waals surface area contributed by atoms with Crippen molar-refractivity contribution in [3.05, 3.63) is 29.3 Å². The zero-order valence-corrected chi connectivity index (χ0v) is 11.5. The van der Waals surface area contributed by atoms with Crippen molar-refractivity contribution < 1.29 is 13.2 Å². The smallest absolute Gasteiger partial charge is 0.150 e. The van der Waals surface area contributed by atoms with Gasteiger partial charge in [-0.3, -0.25) is 0 Å². The van der Waals surface area contributed by atoms with Gasteiger partial charge in [-0.1, -0.05) is 23.7 Å². The van der Waals surface area contributed by atoms with E-state index in [0.717, 1.165) is 0 Å². The van der Waals surface area contributed by atoms with E-state index >= 15 is 0 Å². The number of sulfone groups is 1. The minimum Gasteiger partial charge on any atom is -0.490 e. The van der Waals surface area contributed by atoms with Crippen molar-refractivity contribution in [3.63, 3.8) is 0 Å². The third-order valence-corrected chi connectivity index (χ3v) is 5.25. The number of benzene rings is 1. The van der Waals surface area contributed by atoms with Crippen LogP contribution >= 0.6 is 11.6 Å². The lowest BCUT2D eigenvalue weighted by Gasteiger charge is -2.18. The first-order valence-electron chi connectivity index (χ1n) is 5.81. The van der Waals surface area contributed by atoms with Gasteiger partial charge in [0.05, 0.1) is 16.5 Å². The van der Waals surface area contributed by atoms with E-state index in [-0.39, 0.29) is 30.1 Å². The van der Waals surface area contributed by atoms with Gasteiger partial charge in [-0.2, -0.15) is 0 Å². The average molecular weight is 290 g/mol. The van der Waals surface area contributed by atoms with Crippen molar-refractivity contribution in [1.29, 1.82) is 0 Å². The maximum atomic E-state index is 11.4. The summed E-state index contributed by atoms with van der Waals surface area (Å²) in [4.78, 5) is 0. The number of rotatable bonds is 4. The minimum atomic E-state index is -2.89. The summed E-state index contributed by atoms with van der Waals surface area (Å²) in [6.45, 7) is 0.282. The standard InChI is InChI=1S/C12H16ClNO3S/c13-10-3-1-2-4-12(10)17-7-11(14)9-5-6-18(15,16)8-9/h1-4,9,11H,5-8,14H2. The topological polar surface area (TPSA) is 69.4 Å². The molecule has 1 aromatic rings. The second kappa shape index (κ2) is 5.47. The Balaban J connectivity index is 1.89. The number of nitrogens with two attached hydrogens (primary N) is 1. The lowest BCUT2D eigenvalue weighted by molar-refractivity contribution is 0.255. The monoisotopic (exact) mass is 289 g/mol. The van der Waals surface area contributed by atoms with Crippen molar-refractivity contribution in [3.8, 4) is 5.75 Å². The molecule has 1 aromatic carbocycles. The third kappa shape index (κ3) is 3.37. The van der Waals surface area contributed by atoms with Crippen LogP contribution in [0.2, 0.25) is 5.02 Å². The number of halogens is 1. The van der Waals surface area contributed by atoms with Gasteiger partial charge in [0.25, 0.3) is 0 Å². The summed E-state index contributed by atoms with van der Waals surface area (Å²) in [6.07, 6.45) is 0.620. The Morgan fingerprint density at radius 2 is 2.17 bits per heavy atom. The molecule has 1 heterocycles. The summed E-state index contributed by atoms with van der Waals surface area (Å²) in [5.41, 5.74) is 5.97. The van der Waals surface area contributed by atoms with Gasteiger partial charge >= 0.3 is 0 Å². The third-order valence-electron chi connectivity index (χ3n) is 3.14. The fourth-order valence-corrected chi connectivity index (χ4v) is 4.13. The Kier molecular flexibility index (Phi) is 4.14. The summed E-state index contributed by atoms with van der Waals surface area (Å²) >= 11 is 5.95. The van der Waals surface area contributed by atoms with Crippen molar-refractivity contribution in [2.75, 3.05) is 18.1 Å². The Hall–Kier alpha value is -0.780. The Morgan fingerprint density at radius 1 is 1.44 bits per heavy atom. The molecule has 0 saturated carbocycles. The van der Waals surface area contributed by atoms with Crippen molar-refractivity contribution in [1.82, 2.24) is 0 Å². The van der Waals surface area contributed by atoms with Crippen LogP contribution in [0.3, 0.4) is 0 Å². The fourth-order valence-electron chi connectivity index (χ4n) is 2.05. The summed E-state index contributed by atoms with van der Waals surface area (Å²) in [5.74, 6) is 0.963. The van der Waals surface area contributed by atoms with Crippen LogP contribution in [0.25, 0.3) is 0 Å². The molecule has 100 valence electrons. The van der Waals surface area contributed by atoms with Crippen molar-refractivity contribution in [2.24, 2.45) is 11.7 Å². The second-order valence-corrected chi connectivity index (χ2v) is 7.20. The normalized spacial score (nSPS) is 23.8. The Bertz CT molecular complexity index is 518. The van der Waals surface area contributed by atoms with E-state index in [9.17, 15) is 8.42 Å². The summed E-state index contributed by atoms with van der Waals surface area (Å²) < 4.78 is 28.2. The molecule has 0 spiro atoms. The van der Waals surface area contributed by atoms with Gasteiger partial charge in [0, 0.05) is 6.04 Å².